The zero-order chi connectivity index (χ0) is 41.8. The highest BCUT2D eigenvalue weighted by atomic mass is 32.1. The van der Waals surface area contributed by atoms with Crippen LogP contribution in [0, 0.1) is 17.8 Å². The Morgan fingerprint density at radius 2 is 1.49 bits per heavy atom. The predicted molar refractivity (Wildman–Crippen MR) is 219 cm³/mol. The molecule has 0 saturated heterocycles. The van der Waals surface area contributed by atoms with Gasteiger partial charge in [0.2, 0.25) is 17.7 Å². The molecule has 0 saturated carbocycles. The Bertz CT molecular complexity index is 1880. The molecule has 6 N–H and O–H groups in total. The number of aldehydes is 2. The maximum absolute atomic E-state index is 13.7. The monoisotopic (exact) mass is 822 g/mol. The molecule has 17 heteroatoms. The summed E-state index contributed by atoms with van der Waals surface area (Å²) in [5.41, 5.74) is 7.42. The van der Waals surface area contributed by atoms with Gasteiger partial charge in [-0.05, 0) is 50.0 Å². The Balaban J connectivity index is 1.45. The topological polar surface area (TPSA) is 224 Å². The van der Waals surface area contributed by atoms with Crippen LogP contribution in [0.2, 0.25) is 0 Å². The van der Waals surface area contributed by atoms with E-state index in [1.807, 2.05) is 58.0 Å². The van der Waals surface area contributed by atoms with Crippen LogP contribution in [-0.4, -0.2) is 82.3 Å². The van der Waals surface area contributed by atoms with E-state index in [9.17, 15) is 28.8 Å². The van der Waals surface area contributed by atoms with E-state index >= 15 is 0 Å². The van der Waals surface area contributed by atoms with Gasteiger partial charge in [-0.2, -0.15) is 0 Å². The molecule has 3 aromatic rings. The Labute approximate surface area is 341 Å². The number of benzene rings is 1. The molecule has 1 aromatic carbocycles. The van der Waals surface area contributed by atoms with Crippen molar-refractivity contribution in [2.24, 2.45) is 28.5 Å². The van der Waals surface area contributed by atoms with Crippen molar-refractivity contribution in [3.8, 4) is 0 Å². The second-order valence-corrected chi connectivity index (χ2v) is 16.7. The van der Waals surface area contributed by atoms with Gasteiger partial charge in [-0.1, -0.05) is 71.4 Å². The molecular formula is C40H54N8O7S2. The van der Waals surface area contributed by atoms with Crippen molar-refractivity contribution in [3.05, 3.63) is 68.1 Å². The van der Waals surface area contributed by atoms with Crippen LogP contribution < -0.4 is 27.0 Å². The molecule has 9 unspecified atom stereocenters. The number of ether oxygens (including phenoxy) is 1. The first-order valence-corrected chi connectivity index (χ1v) is 21.0. The molecule has 9 atom stereocenters. The van der Waals surface area contributed by atoms with Crippen molar-refractivity contribution in [1.82, 2.24) is 31.2 Å². The minimum Gasteiger partial charge on any atom is -0.474 e. The van der Waals surface area contributed by atoms with Crippen LogP contribution in [0.15, 0.2) is 46.1 Å². The highest BCUT2D eigenvalue weighted by Gasteiger charge is 2.38. The number of thiazole rings is 2. The molecule has 57 heavy (non-hydrogen) atoms. The van der Waals surface area contributed by atoms with Gasteiger partial charge >= 0.3 is 0 Å². The van der Waals surface area contributed by atoms with Crippen molar-refractivity contribution < 1.29 is 33.5 Å². The van der Waals surface area contributed by atoms with Crippen LogP contribution in [0.5, 0.6) is 0 Å². The largest absolute Gasteiger partial charge is 0.474 e. The lowest BCUT2D eigenvalue weighted by molar-refractivity contribution is -0.125. The first-order valence-electron chi connectivity index (χ1n) is 19.2. The summed E-state index contributed by atoms with van der Waals surface area (Å²) < 4.78 is 6.09. The molecule has 0 fully saturated rings. The van der Waals surface area contributed by atoms with Crippen LogP contribution >= 0.6 is 22.7 Å². The fourth-order valence-corrected chi connectivity index (χ4v) is 7.72. The maximum atomic E-state index is 13.7. The minimum atomic E-state index is -0.910. The lowest BCUT2D eigenvalue weighted by Gasteiger charge is -2.22. The molecule has 0 bridgehead atoms. The van der Waals surface area contributed by atoms with Crippen LogP contribution in [0.1, 0.15) is 116 Å². The minimum absolute atomic E-state index is 0.0306. The molecule has 0 aliphatic carbocycles. The molecule has 308 valence electrons. The van der Waals surface area contributed by atoms with E-state index in [1.165, 1.54) is 22.7 Å². The Hall–Kier alpha value is -4.87. The third kappa shape index (κ3) is 12.3. The zero-order valence-corrected chi connectivity index (χ0v) is 35.0. The van der Waals surface area contributed by atoms with E-state index < -0.39 is 66.0 Å². The predicted octanol–water partition coefficient (Wildman–Crippen LogP) is 4.10. The molecule has 0 radical (unpaired) electrons. The Kier molecular flexibility index (Phi) is 16.6. The first kappa shape index (κ1) is 44.8. The van der Waals surface area contributed by atoms with Gasteiger partial charge in [0.15, 0.2) is 6.04 Å². The van der Waals surface area contributed by atoms with Gasteiger partial charge in [0.05, 0.1) is 24.2 Å². The summed E-state index contributed by atoms with van der Waals surface area (Å²) in [6.45, 7) is 13.0. The van der Waals surface area contributed by atoms with E-state index in [4.69, 9.17) is 10.5 Å². The standard InChI is InChI=1S/C40H54N8O7S2/c1-8-22(4)29(18-50)45-35(52)30-19-56-39(46-30)24(6)42-37(54)33-25(7)55-38(48-33)27(16-21(2)3)43-34(51)31-20-57-40(47-31)28(17-26-12-10-9-11-13-26)44-36(53)32(41)23(5)14-15-49/h9-13,15,18-25,27-29,32-33H,8,14,16-17,41H2,1-7H3,(H,42,54)(H,43,51)(H,44,53)(H,45,52). The highest BCUT2D eigenvalue weighted by molar-refractivity contribution is 7.10. The summed E-state index contributed by atoms with van der Waals surface area (Å²) in [5, 5.41) is 15.8. The normalized spacial score (nSPS) is 18.8. The molecule has 2 aromatic heterocycles. The number of aromatic nitrogens is 2. The number of nitrogens with two attached hydrogens (primary N) is 1. The van der Waals surface area contributed by atoms with Gasteiger partial charge in [-0.25, -0.2) is 15.0 Å². The molecule has 1 aliphatic rings. The van der Waals surface area contributed by atoms with E-state index in [0.717, 1.165) is 24.6 Å². The highest BCUT2D eigenvalue weighted by Crippen LogP contribution is 2.25. The molecule has 15 nitrogen and oxygen atoms in total. The van der Waals surface area contributed by atoms with Crippen molar-refractivity contribution in [2.45, 2.75) is 117 Å². The second kappa shape index (κ2) is 21.0. The van der Waals surface area contributed by atoms with E-state index in [2.05, 4.69) is 36.2 Å². The molecule has 0 spiro atoms. The summed E-state index contributed by atoms with van der Waals surface area (Å²) in [7, 11) is 0. The van der Waals surface area contributed by atoms with Crippen LogP contribution in [0.25, 0.3) is 0 Å². The van der Waals surface area contributed by atoms with Crippen molar-refractivity contribution in [2.75, 3.05) is 0 Å². The molecule has 3 heterocycles. The number of rotatable bonds is 21. The zero-order valence-electron chi connectivity index (χ0n) is 33.4. The van der Waals surface area contributed by atoms with Gasteiger partial charge in [0.25, 0.3) is 11.8 Å². The van der Waals surface area contributed by atoms with E-state index in [0.29, 0.717) is 22.9 Å². The van der Waals surface area contributed by atoms with Gasteiger partial charge in [-0.3, -0.25) is 19.2 Å². The molecule has 4 rings (SSSR count). The number of aliphatic imine (C=N–C) groups is 1. The van der Waals surface area contributed by atoms with Crippen LogP contribution in [-0.2, 0) is 30.3 Å². The average Bonchev–Trinajstić information content (AvgIpc) is 3.97. The van der Waals surface area contributed by atoms with E-state index in [1.54, 1.807) is 31.5 Å². The lowest BCUT2D eigenvalue weighted by atomic mass is 9.98. The average molecular weight is 823 g/mol. The second-order valence-electron chi connectivity index (χ2n) is 14.9. The number of nitrogens with one attached hydrogen (secondary N) is 4. The third-order valence-electron chi connectivity index (χ3n) is 9.82. The van der Waals surface area contributed by atoms with E-state index in [-0.39, 0.29) is 41.5 Å². The van der Waals surface area contributed by atoms with Crippen LogP contribution in [0.3, 0.4) is 0 Å². The summed E-state index contributed by atoms with van der Waals surface area (Å²) in [6, 6.07) is 5.29. The third-order valence-corrected chi connectivity index (χ3v) is 11.8. The summed E-state index contributed by atoms with van der Waals surface area (Å²) in [6.07, 6.45) is 2.56. The van der Waals surface area contributed by atoms with Gasteiger partial charge < -0.3 is 41.3 Å². The number of carbonyl (C=O) groups is 6. The summed E-state index contributed by atoms with van der Waals surface area (Å²) in [5.74, 6) is -1.82. The Morgan fingerprint density at radius 1 is 0.860 bits per heavy atom. The fraction of sp³-hybridized carbons (Fsp3) is 0.525. The van der Waals surface area contributed by atoms with Crippen molar-refractivity contribution >= 4 is 64.8 Å². The van der Waals surface area contributed by atoms with Crippen LogP contribution in [0.4, 0.5) is 0 Å². The SMILES string of the molecule is CCC(C)C(C=O)NC(=O)c1csc(C(C)NC(=O)C2N=C(C(CC(C)C)NC(=O)c3csc(C(Cc4ccccc4)NC(=O)C(N)C(C)CC=O)n3)OC2C)n1. The van der Waals surface area contributed by atoms with Gasteiger partial charge in [0, 0.05) is 17.2 Å². The number of carbonyl (C=O) groups excluding carboxylic acids is 6. The quantitative estimate of drug-likeness (QED) is 0.0968. The number of hydrogen-bond donors (Lipinski definition) is 5. The fourth-order valence-electron chi connectivity index (χ4n) is 6.06. The molecule has 1 aliphatic heterocycles. The summed E-state index contributed by atoms with van der Waals surface area (Å²) >= 11 is 2.44. The molecular weight excluding hydrogens is 769 g/mol. The lowest BCUT2D eigenvalue weighted by Crippen LogP contribution is -2.46. The number of nitrogens with zero attached hydrogens (tertiary/aromatic N) is 3. The maximum Gasteiger partial charge on any atom is 0.271 e. The number of hydrogen-bond acceptors (Lipinski definition) is 13. The Morgan fingerprint density at radius 3 is 2.11 bits per heavy atom. The molecule has 4 amide bonds. The van der Waals surface area contributed by atoms with Crippen molar-refractivity contribution in [3.63, 3.8) is 0 Å². The van der Waals surface area contributed by atoms with Gasteiger partial charge in [0.1, 0.15) is 46.1 Å². The van der Waals surface area contributed by atoms with Gasteiger partial charge in [-0.15, -0.1) is 22.7 Å². The summed E-state index contributed by atoms with van der Waals surface area (Å²) in [4.78, 5) is 89.3. The first-order chi connectivity index (χ1) is 27.1. The van der Waals surface area contributed by atoms with Crippen molar-refractivity contribution in [1.29, 1.82) is 0 Å². The smallest absolute Gasteiger partial charge is 0.271 e. The number of amides is 4.